The van der Waals surface area contributed by atoms with E-state index < -0.39 is 0 Å². The summed E-state index contributed by atoms with van der Waals surface area (Å²) in [7, 11) is 0. The number of aromatic nitrogens is 3. The SMILES string of the molecule is CCCOc1cc(Oc2ncc(C(=O)N3CCC3)cc2Cl)cc(C(=O)Nc2nc(C)ns2)c1. The van der Waals surface area contributed by atoms with Gasteiger partial charge in [-0.3, -0.25) is 14.9 Å². The molecular formula is C22H22ClN5O4S. The van der Waals surface area contributed by atoms with Crippen LogP contribution in [0.2, 0.25) is 5.02 Å². The van der Waals surface area contributed by atoms with Crippen LogP contribution in [0.25, 0.3) is 0 Å². The Morgan fingerprint density at radius 3 is 2.61 bits per heavy atom. The third kappa shape index (κ3) is 5.58. The summed E-state index contributed by atoms with van der Waals surface area (Å²) in [4.78, 5) is 35.2. The van der Waals surface area contributed by atoms with Crippen molar-refractivity contribution < 1.29 is 19.1 Å². The van der Waals surface area contributed by atoms with Crippen LogP contribution in [0.4, 0.5) is 5.13 Å². The standard InChI is InChI=1S/C22H22ClN5O4S/c1-3-7-31-16-8-14(19(29)26-22-25-13(2)27-33-22)9-17(11-16)32-20-18(23)10-15(12-24-20)21(30)28-5-4-6-28/h8-12H,3-7H2,1-2H3,(H,25,26,27,29). The molecule has 0 aliphatic carbocycles. The molecule has 11 heteroatoms. The highest BCUT2D eigenvalue weighted by Crippen LogP contribution is 2.32. The maximum atomic E-state index is 12.8. The molecular weight excluding hydrogens is 466 g/mol. The number of hydrogen-bond acceptors (Lipinski definition) is 8. The average molecular weight is 488 g/mol. The summed E-state index contributed by atoms with van der Waals surface area (Å²) in [6.07, 6.45) is 3.24. The van der Waals surface area contributed by atoms with Crippen molar-refractivity contribution in [1.29, 1.82) is 0 Å². The van der Waals surface area contributed by atoms with Gasteiger partial charge in [-0.25, -0.2) is 9.97 Å². The molecule has 2 amide bonds. The van der Waals surface area contributed by atoms with Crippen LogP contribution in [-0.2, 0) is 0 Å². The second-order valence-corrected chi connectivity index (χ2v) is 8.56. The quantitative estimate of drug-likeness (QED) is 0.495. The highest BCUT2D eigenvalue weighted by molar-refractivity contribution is 7.09. The van der Waals surface area contributed by atoms with E-state index in [0.717, 1.165) is 37.5 Å². The fraction of sp³-hybridized carbons (Fsp3) is 0.318. The lowest BCUT2D eigenvalue weighted by molar-refractivity contribution is 0.0651. The van der Waals surface area contributed by atoms with Gasteiger partial charge in [0.2, 0.25) is 11.0 Å². The normalized spacial score (nSPS) is 12.8. The maximum absolute atomic E-state index is 12.8. The van der Waals surface area contributed by atoms with Crippen LogP contribution in [0.1, 0.15) is 46.3 Å². The van der Waals surface area contributed by atoms with Crippen molar-refractivity contribution in [3.63, 3.8) is 0 Å². The number of carbonyl (C=O) groups excluding carboxylic acids is 2. The van der Waals surface area contributed by atoms with Gasteiger partial charge in [0.25, 0.3) is 11.8 Å². The van der Waals surface area contributed by atoms with Gasteiger partial charge in [0.05, 0.1) is 12.2 Å². The number of hydrogen-bond donors (Lipinski definition) is 1. The molecule has 1 N–H and O–H groups in total. The highest BCUT2D eigenvalue weighted by Gasteiger charge is 2.23. The van der Waals surface area contributed by atoms with Gasteiger partial charge < -0.3 is 14.4 Å². The number of ether oxygens (including phenoxy) is 2. The summed E-state index contributed by atoms with van der Waals surface area (Å²) >= 11 is 7.44. The van der Waals surface area contributed by atoms with Gasteiger partial charge in [0.15, 0.2) is 0 Å². The van der Waals surface area contributed by atoms with E-state index in [0.29, 0.717) is 40.2 Å². The van der Waals surface area contributed by atoms with Gasteiger partial charge in [0.1, 0.15) is 22.3 Å². The molecule has 1 aromatic carbocycles. The zero-order valence-electron chi connectivity index (χ0n) is 18.1. The van der Waals surface area contributed by atoms with Crippen molar-refractivity contribution in [1.82, 2.24) is 19.2 Å². The van der Waals surface area contributed by atoms with Crippen molar-refractivity contribution >= 4 is 40.1 Å². The number of rotatable bonds is 8. The van der Waals surface area contributed by atoms with E-state index in [1.54, 1.807) is 30.0 Å². The number of halogens is 1. The van der Waals surface area contributed by atoms with Gasteiger partial charge in [-0.05, 0) is 38.0 Å². The highest BCUT2D eigenvalue weighted by atomic mass is 35.5. The number of anilines is 1. The molecule has 0 atom stereocenters. The van der Waals surface area contributed by atoms with Crippen molar-refractivity contribution in [2.45, 2.75) is 26.7 Å². The summed E-state index contributed by atoms with van der Waals surface area (Å²) < 4.78 is 15.6. The molecule has 33 heavy (non-hydrogen) atoms. The third-order valence-corrected chi connectivity index (χ3v) is 5.77. The first-order valence-electron chi connectivity index (χ1n) is 10.4. The molecule has 1 fully saturated rings. The van der Waals surface area contributed by atoms with Gasteiger partial charge >= 0.3 is 0 Å². The average Bonchev–Trinajstić information content (AvgIpc) is 3.16. The van der Waals surface area contributed by atoms with Crippen LogP contribution in [0.5, 0.6) is 17.4 Å². The van der Waals surface area contributed by atoms with Crippen LogP contribution < -0.4 is 14.8 Å². The van der Waals surface area contributed by atoms with E-state index in [1.807, 2.05) is 6.92 Å². The molecule has 1 saturated heterocycles. The fourth-order valence-corrected chi connectivity index (χ4v) is 3.79. The van der Waals surface area contributed by atoms with Crippen LogP contribution in [0, 0.1) is 6.92 Å². The van der Waals surface area contributed by atoms with Gasteiger partial charge in [-0.1, -0.05) is 18.5 Å². The lowest BCUT2D eigenvalue weighted by Gasteiger charge is -2.30. The maximum Gasteiger partial charge on any atom is 0.257 e. The molecule has 172 valence electrons. The minimum Gasteiger partial charge on any atom is -0.493 e. The summed E-state index contributed by atoms with van der Waals surface area (Å²) in [6.45, 7) is 5.68. The van der Waals surface area contributed by atoms with Crippen LogP contribution in [-0.4, -0.2) is 50.8 Å². The number of carbonyl (C=O) groups is 2. The first-order chi connectivity index (χ1) is 15.9. The lowest BCUT2D eigenvalue weighted by atomic mass is 10.1. The fourth-order valence-electron chi connectivity index (χ4n) is 3.01. The van der Waals surface area contributed by atoms with E-state index >= 15 is 0 Å². The topological polar surface area (TPSA) is 107 Å². The van der Waals surface area contributed by atoms with Gasteiger partial charge in [0, 0.05) is 42.4 Å². The molecule has 4 rings (SSSR count). The van der Waals surface area contributed by atoms with Crippen molar-refractivity contribution in [3.8, 4) is 17.4 Å². The molecule has 2 aromatic heterocycles. The Labute approximate surface area is 199 Å². The number of benzene rings is 1. The predicted molar refractivity (Wildman–Crippen MR) is 125 cm³/mol. The number of nitrogens with zero attached hydrogens (tertiary/aromatic N) is 4. The van der Waals surface area contributed by atoms with Crippen LogP contribution in [0.3, 0.4) is 0 Å². The predicted octanol–water partition coefficient (Wildman–Crippen LogP) is 4.57. The second-order valence-electron chi connectivity index (χ2n) is 7.40. The Kier molecular flexibility index (Phi) is 7.05. The Bertz CT molecular complexity index is 1180. The molecule has 0 saturated carbocycles. The van der Waals surface area contributed by atoms with E-state index in [2.05, 4.69) is 19.7 Å². The molecule has 9 nitrogen and oxygen atoms in total. The van der Waals surface area contributed by atoms with Gasteiger partial charge in [-0.2, -0.15) is 4.37 Å². The van der Waals surface area contributed by atoms with Crippen molar-refractivity contribution in [2.24, 2.45) is 0 Å². The third-order valence-electron chi connectivity index (χ3n) is 4.78. The molecule has 0 spiro atoms. The lowest BCUT2D eigenvalue weighted by Crippen LogP contribution is -2.42. The van der Waals surface area contributed by atoms with E-state index in [4.69, 9.17) is 21.1 Å². The molecule has 0 unspecified atom stereocenters. The van der Waals surface area contributed by atoms with E-state index in [-0.39, 0.29) is 22.7 Å². The first kappa shape index (κ1) is 22.9. The summed E-state index contributed by atoms with van der Waals surface area (Å²) in [6, 6.07) is 6.36. The smallest absolute Gasteiger partial charge is 0.257 e. The molecule has 0 radical (unpaired) electrons. The Balaban J connectivity index is 1.56. The zero-order chi connectivity index (χ0) is 23.4. The Hall–Kier alpha value is -3.24. The van der Waals surface area contributed by atoms with Crippen molar-refractivity contribution in [3.05, 3.63) is 52.4 Å². The number of nitrogens with one attached hydrogen (secondary N) is 1. The summed E-state index contributed by atoms with van der Waals surface area (Å²) in [5, 5.41) is 3.30. The molecule has 3 heterocycles. The zero-order valence-corrected chi connectivity index (χ0v) is 19.7. The van der Waals surface area contributed by atoms with Crippen molar-refractivity contribution in [2.75, 3.05) is 25.0 Å². The van der Waals surface area contributed by atoms with E-state index in [9.17, 15) is 9.59 Å². The minimum absolute atomic E-state index is 0.108. The summed E-state index contributed by atoms with van der Waals surface area (Å²) in [5.41, 5.74) is 0.714. The first-order valence-corrected chi connectivity index (χ1v) is 11.6. The molecule has 3 aromatic rings. The Morgan fingerprint density at radius 1 is 1.18 bits per heavy atom. The second kappa shape index (κ2) is 10.1. The number of pyridine rings is 1. The summed E-state index contributed by atoms with van der Waals surface area (Å²) in [5.74, 6) is 0.995. The molecule has 1 aliphatic rings. The van der Waals surface area contributed by atoms with Crippen LogP contribution in [0.15, 0.2) is 30.5 Å². The number of aryl methyl sites for hydroxylation is 1. The van der Waals surface area contributed by atoms with Crippen LogP contribution >= 0.6 is 23.1 Å². The molecule has 1 aliphatic heterocycles. The monoisotopic (exact) mass is 487 g/mol. The minimum atomic E-state index is -0.382. The van der Waals surface area contributed by atoms with E-state index in [1.165, 1.54) is 12.3 Å². The molecule has 0 bridgehead atoms. The largest absolute Gasteiger partial charge is 0.493 e. The number of amides is 2. The Morgan fingerprint density at radius 2 is 1.97 bits per heavy atom. The van der Waals surface area contributed by atoms with Gasteiger partial charge in [-0.15, -0.1) is 0 Å². The number of likely N-dealkylation sites (tertiary alicyclic amines) is 1.